The van der Waals surface area contributed by atoms with E-state index in [-0.39, 0.29) is 0 Å². The summed E-state index contributed by atoms with van der Waals surface area (Å²) in [5.41, 5.74) is 3.56. The molecule has 1 aromatic carbocycles. The highest BCUT2D eigenvalue weighted by Gasteiger charge is 2.13. The van der Waals surface area contributed by atoms with E-state index in [1.165, 1.54) is 30.4 Å². The van der Waals surface area contributed by atoms with E-state index in [9.17, 15) is 0 Å². The largest absolute Gasteiger partial charge is 0.436 e. The number of fused-ring (bicyclic) bond motifs is 2. The lowest BCUT2D eigenvalue weighted by atomic mass is 9.92. The molecule has 3 aromatic rings. The van der Waals surface area contributed by atoms with Crippen molar-refractivity contribution in [2.45, 2.75) is 25.7 Å². The van der Waals surface area contributed by atoms with Crippen LogP contribution < -0.4 is 4.74 Å². The Morgan fingerprint density at radius 1 is 1.14 bits per heavy atom. The number of nitrogens with zero attached hydrogens (tertiary/aromatic N) is 3. The fourth-order valence-electron chi connectivity index (χ4n) is 2.83. The minimum absolute atomic E-state index is 0.519. The number of benzene rings is 1. The second-order valence-electron chi connectivity index (χ2n) is 5.27. The molecule has 4 nitrogen and oxygen atoms in total. The fourth-order valence-corrected chi connectivity index (χ4v) is 3.21. The second-order valence-corrected chi connectivity index (χ2v) is 6.08. The molecule has 0 saturated carbocycles. The molecule has 0 unspecified atom stereocenters. The molecule has 106 valence electrons. The lowest BCUT2D eigenvalue weighted by Crippen LogP contribution is -2.02. The van der Waals surface area contributed by atoms with Gasteiger partial charge in [0.05, 0.1) is 0 Å². The Morgan fingerprint density at radius 3 is 2.90 bits per heavy atom. The molecule has 2 aromatic heterocycles. The number of aromatic nitrogens is 3. The van der Waals surface area contributed by atoms with Gasteiger partial charge in [0.15, 0.2) is 0 Å². The molecule has 5 heteroatoms. The first-order chi connectivity index (χ1) is 10.3. The summed E-state index contributed by atoms with van der Waals surface area (Å²) in [6, 6.07) is 6.33. The summed E-state index contributed by atoms with van der Waals surface area (Å²) >= 11 is 3.40. The van der Waals surface area contributed by atoms with Crippen molar-refractivity contribution in [1.29, 1.82) is 0 Å². The van der Waals surface area contributed by atoms with Crippen molar-refractivity contribution in [2.24, 2.45) is 0 Å². The van der Waals surface area contributed by atoms with Crippen molar-refractivity contribution in [3.05, 3.63) is 52.5 Å². The first-order valence-electron chi connectivity index (χ1n) is 7.08. The first-order valence-corrected chi connectivity index (χ1v) is 7.88. The van der Waals surface area contributed by atoms with E-state index in [2.05, 4.69) is 38.0 Å². The van der Waals surface area contributed by atoms with Gasteiger partial charge in [-0.25, -0.2) is 9.97 Å². The highest BCUT2D eigenvalue weighted by Crippen LogP contribution is 2.29. The van der Waals surface area contributed by atoms with Crippen molar-refractivity contribution in [2.75, 3.05) is 0 Å². The van der Waals surface area contributed by atoms with E-state index >= 15 is 0 Å². The maximum Gasteiger partial charge on any atom is 0.264 e. The normalized spacial score (nSPS) is 14.1. The number of hydrogen-bond donors (Lipinski definition) is 0. The van der Waals surface area contributed by atoms with Gasteiger partial charge in [0, 0.05) is 18.6 Å². The molecule has 1 aliphatic carbocycles. The van der Waals surface area contributed by atoms with Gasteiger partial charge in [-0.1, -0.05) is 6.07 Å². The Morgan fingerprint density at radius 2 is 2.00 bits per heavy atom. The van der Waals surface area contributed by atoms with Crippen LogP contribution in [0.2, 0.25) is 0 Å². The first kappa shape index (κ1) is 12.8. The maximum absolute atomic E-state index is 5.97. The number of aryl methyl sites for hydroxylation is 2. The molecule has 0 bridgehead atoms. The Balaban J connectivity index is 1.72. The molecule has 0 atom stereocenters. The van der Waals surface area contributed by atoms with Crippen molar-refractivity contribution < 1.29 is 4.74 Å². The van der Waals surface area contributed by atoms with Crippen LogP contribution in [-0.2, 0) is 12.8 Å². The molecule has 21 heavy (non-hydrogen) atoms. The van der Waals surface area contributed by atoms with Gasteiger partial charge in [-0.2, -0.15) is 0 Å². The van der Waals surface area contributed by atoms with E-state index in [1.807, 2.05) is 22.9 Å². The monoisotopic (exact) mass is 343 g/mol. The summed E-state index contributed by atoms with van der Waals surface area (Å²) in [7, 11) is 0. The number of rotatable bonds is 2. The van der Waals surface area contributed by atoms with Crippen LogP contribution in [0.15, 0.2) is 41.4 Å². The van der Waals surface area contributed by atoms with E-state index in [0.717, 1.165) is 22.4 Å². The summed E-state index contributed by atoms with van der Waals surface area (Å²) in [5.74, 6) is 1.34. The van der Waals surface area contributed by atoms with E-state index < -0.39 is 0 Å². The second kappa shape index (κ2) is 5.15. The smallest absolute Gasteiger partial charge is 0.264 e. The minimum atomic E-state index is 0.519. The van der Waals surface area contributed by atoms with Crippen LogP contribution in [0.3, 0.4) is 0 Å². The third-order valence-corrected chi connectivity index (χ3v) is 4.23. The van der Waals surface area contributed by atoms with Gasteiger partial charge < -0.3 is 4.74 Å². The van der Waals surface area contributed by atoms with Crippen molar-refractivity contribution in [3.63, 3.8) is 0 Å². The third kappa shape index (κ3) is 2.42. The minimum Gasteiger partial charge on any atom is -0.436 e. The van der Waals surface area contributed by atoms with Gasteiger partial charge >= 0.3 is 0 Å². The molecule has 2 heterocycles. The van der Waals surface area contributed by atoms with Gasteiger partial charge in [0.1, 0.15) is 10.4 Å². The third-order valence-electron chi connectivity index (χ3n) is 3.85. The van der Waals surface area contributed by atoms with E-state index in [4.69, 9.17) is 4.74 Å². The van der Waals surface area contributed by atoms with Gasteiger partial charge in [-0.05, 0) is 64.9 Å². The summed E-state index contributed by atoms with van der Waals surface area (Å²) < 4.78 is 8.59. The SMILES string of the molecule is Brc1cn2ccnc2c(Oc2ccc3c(c2)CCCC3)n1. The van der Waals surface area contributed by atoms with Gasteiger partial charge in [-0.15, -0.1) is 0 Å². The lowest BCUT2D eigenvalue weighted by molar-refractivity contribution is 0.462. The Bertz CT molecular complexity index is 812. The van der Waals surface area contributed by atoms with Gasteiger partial charge in [-0.3, -0.25) is 4.40 Å². The lowest BCUT2D eigenvalue weighted by Gasteiger charge is -2.16. The predicted octanol–water partition coefficient (Wildman–Crippen LogP) is 4.16. The predicted molar refractivity (Wildman–Crippen MR) is 83.8 cm³/mol. The molecule has 4 rings (SSSR count). The quantitative estimate of drug-likeness (QED) is 0.701. The zero-order valence-corrected chi connectivity index (χ0v) is 13.0. The molecular weight excluding hydrogens is 330 g/mol. The van der Waals surface area contributed by atoms with Crippen molar-refractivity contribution >= 4 is 21.6 Å². The number of imidazole rings is 1. The average Bonchev–Trinajstić information content (AvgIpc) is 2.95. The summed E-state index contributed by atoms with van der Waals surface area (Å²) in [6.45, 7) is 0. The van der Waals surface area contributed by atoms with Crippen LogP contribution in [0.25, 0.3) is 5.65 Å². The molecule has 0 N–H and O–H groups in total. The summed E-state index contributed by atoms with van der Waals surface area (Å²) in [5, 5.41) is 0. The van der Waals surface area contributed by atoms with Gasteiger partial charge in [0.2, 0.25) is 5.65 Å². The topological polar surface area (TPSA) is 39.4 Å². The standard InChI is InChI=1S/C16H14BrN3O/c17-14-10-20-8-7-18-15(20)16(19-14)21-13-6-5-11-3-1-2-4-12(11)9-13/h5-10H,1-4H2. The molecule has 1 aliphatic rings. The van der Waals surface area contributed by atoms with Crippen LogP contribution in [0.4, 0.5) is 0 Å². The molecule has 0 spiro atoms. The number of ether oxygens (including phenoxy) is 1. The van der Waals surface area contributed by atoms with Gasteiger partial charge in [0.25, 0.3) is 5.88 Å². The molecule has 0 fully saturated rings. The van der Waals surface area contributed by atoms with Crippen LogP contribution in [0.5, 0.6) is 11.6 Å². The molecule has 0 radical (unpaired) electrons. The van der Waals surface area contributed by atoms with Crippen LogP contribution in [0.1, 0.15) is 24.0 Å². The molecule has 0 aliphatic heterocycles. The zero-order valence-electron chi connectivity index (χ0n) is 11.4. The number of hydrogen-bond acceptors (Lipinski definition) is 3. The Labute approximate surface area is 130 Å². The average molecular weight is 344 g/mol. The Hall–Kier alpha value is -1.88. The molecular formula is C16H14BrN3O. The highest BCUT2D eigenvalue weighted by molar-refractivity contribution is 9.10. The zero-order chi connectivity index (χ0) is 14.2. The number of halogens is 1. The van der Waals surface area contributed by atoms with Crippen molar-refractivity contribution in [1.82, 2.24) is 14.4 Å². The highest BCUT2D eigenvalue weighted by atomic mass is 79.9. The van der Waals surface area contributed by atoms with E-state index in [1.54, 1.807) is 6.20 Å². The van der Waals surface area contributed by atoms with Crippen LogP contribution >= 0.6 is 15.9 Å². The molecule has 0 saturated heterocycles. The Kier molecular flexibility index (Phi) is 3.15. The van der Waals surface area contributed by atoms with Crippen LogP contribution in [0, 0.1) is 0 Å². The van der Waals surface area contributed by atoms with E-state index in [0.29, 0.717) is 5.88 Å². The maximum atomic E-state index is 5.97. The summed E-state index contributed by atoms with van der Waals surface area (Å²) in [4.78, 5) is 8.69. The van der Waals surface area contributed by atoms with Crippen LogP contribution in [-0.4, -0.2) is 14.4 Å². The molecule has 0 amide bonds. The fraction of sp³-hybridized carbons (Fsp3) is 0.250. The van der Waals surface area contributed by atoms with Crippen molar-refractivity contribution in [3.8, 4) is 11.6 Å². The summed E-state index contributed by atoms with van der Waals surface area (Å²) in [6.07, 6.45) is 10.3.